The number of benzene rings is 2. The number of carbonyl (C=O) groups is 4. The number of imide groups is 1. The lowest BCUT2D eigenvalue weighted by Gasteiger charge is -2.14. The summed E-state index contributed by atoms with van der Waals surface area (Å²) >= 11 is 1.01. The Kier molecular flexibility index (Phi) is 7.53. The smallest absolute Gasteiger partial charge is 0.339 e. The summed E-state index contributed by atoms with van der Waals surface area (Å²) in [5, 5.41) is 20.4. The maximum absolute atomic E-state index is 12.6. The van der Waals surface area contributed by atoms with Crippen molar-refractivity contribution in [3.05, 3.63) is 59.2 Å². The first-order valence-corrected chi connectivity index (χ1v) is 11.1. The Balaban J connectivity index is 1.48. The van der Waals surface area contributed by atoms with Gasteiger partial charge in [0, 0.05) is 24.7 Å². The fraction of sp³-hybridized carbons (Fsp3) is 0.304. The molecular weight excluding hydrogens is 432 g/mol. The van der Waals surface area contributed by atoms with E-state index >= 15 is 0 Å². The number of aromatic carboxylic acids is 1. The molecule has 1 heterocycles. The van der Waals surface area contributed by atoms with E-state index < -0.39 is 17.0 Å². The fourth-order valence-electron chi connectivity index (χ4n) is 3.37. The molecule has 32 heavy (non-hydrogen) atoms. The second kappa shape index (κ2) is 10.3. The highest BCUT2D eigenvalue weighted by atomic mass is 32.2. The van der Waals surface area contributed by atoms with Gasteiger partial charge in [-0.05, 0) is 42.5 Å². The van der Waals surface area contributed by atoms with Crippen molar-refractivity contribution in [1.29, 1.82) is 0 Å². The number of phenols is 1. The summed E-state index contributed by atoms with van der Waals surface area (Å²) in [6.07, 6.45) is 1.77. The Morgan fingerprint density at radius 1 is 1.09 bits per heavy atom. The summed E-state index contributed by atoms with van der Waals surface area (Å²) in [5.74, 6) is -2.33. The molecule has 1 atom stereocenters. The largest absolute Gasteiger partial charge is 0.507 e. The molecule has 0 saturated carbocycles. The zero-order valence-corrected chi connectivity index (χ0v) is 18.4. The van der Waals surface area contributed by atoms with E-state index in [-0.39, 0.29) is 41.3 Å². The van der Waals surface area contributed by atoms with Crippen LogP contribution in [0.4, 0.5) is 10.5 Å². The van der Waals surface area contributed by atoms with Crippen LogP contribution in [0, 0.1) is 0 Å². The summed E-state index contributed by atoms with van der Waals surface area (Å²) < 4.78 is 0. The lowest BCUT2D eigenvalue weighted by Crippen LogP contribution is -2.33. The Morgan fingerprint density at radius 3 is 2.41 bits per heavy atom. The van der Waals surface area contributed by atoms with Gasteiger partial charge >= 0.3 is 5.97 Å². The average molecular weight is 457 g/mol. The Morgan fingerprint density at radius 2 is 1.78 bits per heavy atom. The van der Waals surface area contributed by atoms with Crippen LogP contribution in [0.3, 0.4) is 0 Å². The molecule has 3 N–H and O–H groups in total. The zero-order valence-electron chi connectivity index (χ0n) is 17.5. The van der Waals surface area contributed by atoms with Gasteiger partial charge in [-0.2, -0.15) is 0 Å². The predicted molar refractivity (Wildman–Crippen MR) is 121 cm³/mol. The molecular formula is C23H24N2O6S. The van der Waals surface area contributed by atoms with Gasteiger partial charge in [0.15, 0.2) is 0 Å². The molecule has 3 amide bonds. The quantitative estimate of drug-likeness (QED) is 0.526. The molecule has 1 aliphatic heterocycles. The lowest BCUT2D eigenvalue weighted by molar-refractivity contribution is -0.127. The van der Waals surface area contributed by atoms with Crippen molar-refractivity contribution >= 4 is 40.5 Å². The summed E-state index contributed by atoms with van der Waals surface area (Å²) in [5.41, 5.74) is 2.21. The number of aromatic hydroxyl groups is 1. The van der Waals surface area contributed by atoms with E-state index in [1.54, 1.807) is 0 Å². The molecule has 0 bridgehead atoms. The molecule has 168 valence electrons. The van der Waals surface area contributed by atoms with E-state index in [9.17, 15) is 24.3 Å². The highest BCUT2D eigenvalue weighted by molar-refractivity contribution is 8.15. The third kappa shape index (κ3) is 5.67. The van der Waals surface area contributed by atoms with E-state index in [1.807, 2.05) is 24.3 Å². The average Bonchev–Trinajstić information content (AvgIpc) is 3.01. The number of nitrogens with zero attached hydrogens (tertiary/aromatic N) is 1. The number of thioether (sulfide) groups is 1. The molecule has 1 aliphatic rings. The molecule has 0 radical (unpaired) electrons. The number of carbonyl (C=O) groups excluding carboxylic acids is 3. The first-order chi connectivity index (χ1) is 15.3. The maximum Gasteiger partial charge on any atom is 0.339 e. The topological polar surface area (TPSA) is 124 Å². The lowest BCUT2D eigenvalue weighted by atomic mass is 10.1. The van der Waals surface area contributed by atoms with Crippen molar-refractivity contribution < 1.29 is 29.4 Å². The standard InChI is InChI=1S/C23H24N2O6S/c1-2-14-5-7-15(8-6-14)12-19-21(28)25(23(31)32-19)11-3-4-20(27)24-16-9-10-17(22(29)30)18(26)13-16/h5-10,13,19,26H,2-4,11-12H2,1H3,(H,24,27)(H,29,30). The molecule has 2 aromatic carbocycles. The maximum atomic E-state index is 12.6. The number of carboxylic acid groups (broad SMARTS) is 1. The number of rotatable bonds is 9. The van der Waals surface area contributed by atoms with Gasteiger partial charge in [-0.25, -0.2) is 4.79 Å². The van der Waals surface area contributed by atoms with Crippen LogP contribution < -0.4 is 5.32 Å². The predicted octanol–water partition coefficient (Wildman–Crippen LogP) is 3.68. The summed E-state index contributed by atoms with van der Waals surface area (Å²) in [4.78, 5) is 49.2. The molecule has 9 heteroatoms. The molecule has 2 aromatic rings. The highest BCUT2D eigenvalue weighted by Crippen LogP contribution is 2.30. The normalized spacial score (nSPS) is 15.8. The van der Waals surface area contributed by atoms with Crippen LogP contribution in [0.5, 0.6) is 5.75 Å². The number of nitrogens with one attached hydrogen (secondary N) is 1. The van der Waals surface area contributed by atoms with E-state index in [2.05, 4.69) is 12.2 Å². The molecule has 8 nitrogen and oxygen atoms in total. The van der Waals surface area contributed by atoms with Crippen molar-refractivity contribution in [3.8, 4) is 5.75 Å². The molecule has 3 rings (SSSR count). The second-order valence-electron chi connectivity index (χ2n) is 7.43. The first kappa shape index (κ1) is 23.3. The molecule has 1 fully saturated rings. The summed E-state index contributed by atoms with van der Waals surface area (Å²) in [6.45, 7) is 2.22. The molecule has 1 unspecified atom stereocenters. The van der Waals surface area contributed by atoms with Crippen molar-refractivity contribution in [2.24, 2.45) is 0 Å². The van der Waals surface area contributed by atoms with Gasteiger partial charge in [0.25, 0.3) is 5.24 Å². The minimum Gasteiger partial charge on any atom is -0.507 e. The van der Waals surface area contributed by atoms with Gasteiger partial charge in [-0.15, -0.1) is 0 Å². The molecule has 0 spiro atoms. The van der Waals surface area contributed by atoms with Crippen LogP contribution in [0.15, 0.2) is 42.5 Å². The van der Waals surface area contributed by atoms with Gasteiger partial charge in [0.1, 0.15) is 11.3 Å². The van der Waals surface area contributed by atoms with Crippen molar-refractivity contribution in [3.63, 3.8) is 0 Å². The number of hydrogen-bond donors (Lipinski definition) is 3. The number of amides is 3. The van der Waals surface area contributed by atoms with Gasteiger partial charge < -0.3 is 15.5 Å². The van der Waals surface area contributed by atoms with Crippen LogP contribution in [0.2, 0.25) is 0 Å². The minimum absolute atomic E-state index is 0.0618. The Labute approximate surface area is 189 Å². The Hall–Kier alpha value is -3.33. The Bertz CT molecular complexity index is 1040. The van der Waals surface area contributed by atoms with E-state index in [0.717, 1.165) is 29.8 Å². The second-order valence-corrected chi connectivity index (χ2v) is 8.58. The van der Waals surface area contributed by atoms with E-state index in [4.69, 9.17) is 5.11 Å². The van der Waals surface area contributed by atoms with Crippen LogP contribution in [0.1, 0.15) is 41.3 Å². The molecule has 0 aromatic heterocycles. The highest BCUT2D eigenvalue weighted by Gasteiger charge is 2.39. The number of anilines is 1. The van der Waals surface area contributed by atoms with Gasteiger partial charge in [-0.3, -0.25) is 19.3 Å². The van der Waals surface area contributed by atoms with Gasteiger partial charge in [-0.1, -0.05) is 43.0 Å². The van der Waals surface area contributed by atoms with Gasteiger partial charge in [0.05, 0.1) is 5.25 Å². The van der Waals surface area contributed by atoms with Crippen molar-refractivity contribution in [2.75, 3.05) is 11.9 Å². The third-order valence-electron chi connectivity index (χ3n) is 5.15. The third-order valence-corrected chi connectivity index (χ3v) is 6.23. The fourth-order valence-corrected chi connectivity index (χ4v) is 4.42. The number of aryl methyl sites for hydroxylation is 1. The monoisotopic (exact) mass is 456 g/mol. The number of hydrogen-bond acceptors (Lipinski definition) is 6. The van der Waals surface area contributed by atoms with Crippen LogP contribution in [0.25, 0.3) is 0 Å². The summed E-state index contributed by atoms with van der Waals surface area (Å²) in [7, 11) is 0. The first-order valence-electron chi connectivity index (χ1n) is 10.2. The molecule has 1 saturated heterocycles. The van der Waals surface area contributed by atoms with E-state index in [1.165, 1.54) is 22.6 Å². The van der Waals surface area contributed by atoms with Crippen molar-refractivity contribution in [2.45, 2.75) is 37.9 Å². The SMILES string of the molecule is CCc1ccc(CC2SC(=O)N(CCCC(=O)Nc3ccc(C(=O)O)c(O)c3)C2=O)cc1. The summed E-state index contributed by atoms with van der Waals surface area (Å²) in [6, 6.07) is 11.7. The zero-order chi connectivity index (χ0) is 23.3. The molecule has 0 aliphatic carbocycles. The van der Waals surface area contributed by atoms with Gasteiger partial charge in [0.2, 0.25) is 11.8 Å². The minimum atomic E-state index is -1.27. The van der Waals surface area contributed by atoms with Crippen LogP contribution in [-0.2, 0) is 22.4 Å². The van der Waals surface area contributed by atoms with Crippen molar-refractivity contribution in [1.82, 2.24) is 4.90 Å². The van der Waals surface area contributed by atoms with Crippen LogP contribution >= 0.6 is 11.8 Å². The van der Waals surface area contributed by atoms with Crippen LogP contribution in [-0.4, -0.2) is 49.9 Å². The van der Waals surface area contributed by atoms with E-state index in [0.29, 0.717) is 12.8 Å². The number of carboxylic acids is 1.